The van der Waals surface area contributed by atoms with Gasteiger partial charge in [-0.2, -0.15) is 0 Å². The second kappa shape index (κ2) is 8.30. The maximum atomic E-state index is 12.2. The third kappa shape index (κ3) is 6.06. The molecule has 136 valence electrons. The first kappa shape index (κ1) is 20.9. The lowest BCUT2D eigenvalue weighted by molar-refractivity contribution is -0.145. The molecule has 1 atom stereocenters. The van der Waals surface area contributed by atoms with Crippen LogP contribution in [0.1, 0.15) is 63.3 Å². The number of carbonyl (C=O) groups excluding carboxylic acids is 1. The molecule has 0 bridgehead atoms. The summed E-state index contributed by atoms with van der Waals surface area (Å²) in [5.41, 5.74) is 3.46. The van der Waals surface area contributed by atoms with E-state index in [2.05, 4.69) is 65.9 Å². The molecule has 4 heteroatoms. The molecule has 0 aliphatic rings. The minimum atomic E-state index is -1.99. The van der Waals surface area contributed by atoms with E-state index in [0.717, 1.165) is 12.0 Å². The zero-order valence-electron chi connectivity index (χ0n) is 16.7. The Hall–Kier alpha value is -1.13. The molecule has 1 rings (SSSR count). The zero-order chi connectivity index (χ0) is 18.5. The van der Waals surface area contributed by atoms with Gasteiger partial charge in [0.15, 0.2) is 8.32 Å². The monoisotopic (exact) mass is 350 g/mol. The Morgan fingerprint density at radius 3 is 2.12 bits per heavy atom. The lowest BCUT2D eigenvalue weighted by atomic mass is 10.0. The largest absolute Gasteiger partial charge is 0.466 e. The van der Waals surface area contributed by atoms with Gasteiger partial charge in [-0.15, -0.1) is 0 Å². The molecule has 0 fully saturated rings. The zero-order valence-corrected chi connectivity index (χ0v) is 17.7. The first-order valence-electron chi connectivity index (χ1n) is 8.88. The molecule has 0 unspecified atom stereocenters. The Bertz CT molecular complexity index is 538. The summed E-state index contributed by atoms with van der Waals surface area (Å²) in [6.07, 6.45) is 0.868. The van der Waals surface area contributed by atoms with Crippen LogP contribution in [0.3, 0.4) is 0 Å². The Kier molecular flexibility index (Phi) is 7.23. The van der Waals surface area contributed by atoms with Crippen LogP contribution < -0.4 is 0 Å². The van der Waals surface area contributed by atoms with Gasteiger partial charge in [0, 0.05) is 0 Å². The first-order valence-corrected chi connectivity index (χ1v) is 11.8. The van der Waals surface area contributed by atoms with Gasteiger partial charge in [0.2, 0.25) is 0 Å². The van der Waals surface area contributed by atoms with Crippen molar-refractivity contribution in [3.63, 3.8) is 0 Å². The van der Waals surface area contributed by atoms with E-state index in [1.54, 1.807) is 0 Å². The number of aryl methyl sites for hydroxylation is 2. The van der Waals surface area contributed by atoms with Gasteiger partial charge >= 0.3 is 5.97 Å². The van der Waals surface area contributed by atoms with Crippen LogP contribution in [0.4, 0.5) is 0 Å². The molecule has 1 aromatic carbocycles. The molecule has 0 aliphatic heterocycles. The van der Waals surface area contributed by atoms with Crippen molar-refractivity contribution < 1.29 is 14.0 Å². The third-order valence-corrected chi connectivity index (χ3v) is 9.16. The van der Waals surface area contributed by atoms with Crippen molar-refractivity contribution in [2.45, 2.75) is 78.6 Å². The highest BCUT2D eigenvalue weighted by Gasteiger charge is 2.40. The van der Waals surface area contributed by atoms with Crippen LogP contribution in [0.5, 0.6) is 0 Å². The molecule has 0 saturated heterocycles. The van der Waals surface area contributed by atoms with Crippen LogP contribution in [0.25, 0.3) is 0 Å². The van der Waals surface area contributed by atoms with Crippen LogP contribution in [0.15, 0.2) is 18.2 Å². The average molecular weight is 351 g/mol. The predicted octanol–water partition coefficient (Wildman–Crippen LogP) is 5.71. The summed E-state index contributed by atoms with van der Waals surface area (Å²) >= 11 is 0. The van der Waals surface area contributed by atoms with Crippen molar-refractivity contribution in [3.05, 3.63) is 34.9 Å². The molecule has 0 amide bonds. The second-order valence-corrected chi connectivity index (χ2v) is 13.0. The van der Waals surface area contributed by atoms with Crippen LogP contribution in [-0.2, 0) is 14.0 Å². The van der Waals surface area contributed by atoms with E-state index in [1.165, 1.54) is 11.1 Å². The fourth-order valence-corrected chi connectivity index (χ4v) is 3.67. The SMILES string of the molecule is CCCOC(=O)C[C@@H](O[Si](C)(C)C(C)(C)C)c1cc(C)cc(C)c1. The molecule has 0 aromatic heterocycles. The van der Waals surface area contributed by atoms with E-state index >= 15 is 0 Å². The Labute approximate surface area is 148 Å². The van der Waals surface area contributed by atoms with Crippen molar-refractivity contribution in [2.75, 3.05) is 6.61 Å². The van der Waals surface area contributed by atoms with Crippen molar-refractivity contribution in [1.29, 1.82) is 0 Å². The van der Waals surface area contributed by atoms with E-state index < -0.39 is 8.32 Å². The number of hydrogen-bond acceptors (Lipinski definition) is 3. The lowest BCUT2D eigenvalue weighted by Gasteiger charge is -2.39. The predicted molar refractivity (Wildman–Crippen MR) is 103 cm³/mol. The summed E-state index contributed by atoms with van der Waals surface area (Å²) < 4.78 is 11.9. The number of ether oxygens (including phenoxy) is 1. The average Bonchev–Trinajstić information content (AvgIpc) is 2.41. The first-order chi connectivity index (χ1) is 11.0. The van der Waals surface area contributed by atoms with E-state index in [4.69, 9.17) is 9.16 Å². The smallest absolute Gasteiger partial charge is 0.308 e. The van der Waals surface area contributed by atoms with E-state index in [9.17, 15) is 4.79 Å². The van der Waals surface area contributed by atoms with Gasteiger partial charge in [0.1, 0.15) is 0 Å². The number of carbonyl (C=O) groups is 1. The van der Waals surface area contributed by atoms with E-state index in [1.807, 2.05) is 6.92 Å². The Morgan fingerprint density at radius 2 is 1.67 bits per heavy atom. The lowest BCUT2D eigenvalue weighted by Crippen LogP contribution is -2.42. The van der Waals surface area contributed by atoms with Crippen molar-refractivity contribution >= 4 is 14.3 Å². The quantitative estimate of drug-likeness (QED) is 0.467. The van der Waals surface area contributed by atoms with Crippen molar-refractivity contribution in [3.8, 4) is 0 Å². The van der Waals surface area contributed by atoms with Gasteiger partial charge in [-0.3, -0.25) is 4.79 Å². The minimum absolute atomic E-state index is 0.0947. The summed E-state index contributed by atoms with van der Waals surface area (Å²) in [6, 6.07) is 6.39. The van der Waals surface area contributed by atoms with E-state index in [-0.39, 0.29) is 23.5 Å². The van der Waals surface area contributed by atoms with Crippen molar-refractivity contribution in [2.24, 2.45) is 0 Å². The molecule has 0 spiro atoms. The topological polar surface area (TPSA) is 35.5 Å². The molecule has 0 saturated carbocycles. The number of benzene rings is 1. The van der Waals surface area contributed by atoms with Crippen molar-refractivity contribution in [1.82, 2.24) is 0 Å². The van der Waals surface area contributed by atoms with Gasteiger partial charge in [-0.25, -0.2) is 0 Å². The minimum Gasteiger partial charge on any atom is -0.466 e. The normalized spacial score (nSPS) is 13.7. The number of esters is 1. The highest BCUT2D eigenvalue weighted by atomic mass is 28.4. The van der Waals surface area contributed by atoms with Gasteiger partial charge in [0.05, 0.1) is 19.1 Å². The molecule has 1 aromatic rings. The highest BCUT2D eigenvalue weighted by Crippen LogP contribution is 2.40. The van der Waals surface area contributed by atoms with Gasteiger partial charge in [0.25, 0.3) is 0 Å². The number of hydrogen-bond donors (Lipinski definition) is 0. The van der Waals surface area contributed by atoms with E-state index in [0.29, 0.717) is 6.61 Å². The highest BCUT2D eigenvalue weighted by molar-refractivity contribution is 6.74. The Morgan fingerprint density at radius 1 is 1.12 bits per heavy atom. The van der Waals surface area contributed by atoms with Gasteiger partial charge in [-0.1, -0.05) is 57.0 Å². The van der Waals surface area contributed by atoms with Crippen LogP contribution in [0.2, 0.25) is 18.1 Å². The standard InChI is InChI=1S/C20H34O3Si/c1-9-10-22-19(21)14-18(23-24(7,8)20(4,5)6)17-12-15(2)11-16(3)13-17/h11-13,18H,9-10,14H2,1-8H3/t18-/m1/s1. The second-order valence-electron chi connectivity index (χ2n) is 8.21. The summed E-state index contributed by atoms with van der Waals surface area (Å²) in [7, 11) is -1.99. The summed E-state index contributed by atoms with van der Waals surface area (Å²) in [5.74, 6) is -0.181. The van der Waals surface area contributed by atoms with Gasteiger partial charge in [-0.05, 0) is 44.0 Å². The Balaban J connectivity index is 3.09. The molecular weight excluding hydrogens is 316 g/mol. The molecule has 0 aliphatic carbocycles. The van der Waals surface area contributed by atoms with Crippen LogP contribution in [-0.4, -0.2) is 20.9 Å². The molecule has 0 radical (unpaired) electrons. The van der Waals surface area contributed by atoms with Crippen LogP contribution in [0, 0.1) is 13.8 Å². The fraction of sp³-hybridized carbons (Fsp3) is 0.650. The number of rotatable bonds is 7. The summed E-state index contributed by atoms with van der Waals surface area (Å²) in [5, 5.41) is 0.0947. The third-order valence-electron chi connectivity index (χ3n) is 4.68. The summed E-state index contributed by atoms with van der Waals surface area (Å²) in [6.45, 7) is 17.7. The fourth-order valence-electron chi connectivity index (χ4n) is 2.38. The maximum absolute atomic E-state index is 12.2. The molecule has 0 heterocycles. The van der Waals surface area contributed by atoms with Gasteiger partial charge < -0.3 is 9.16 Å². The molecular formula is C20H34O3Si. The maximum Gasteiger partial charge on any atom is 0.308 e. The molecule has 0 N–H and O–H groups in total. The van der Waals surface area contributed by atoms with Crippen LogP contribution >= 0.6 is 0 Å². The summed E-state index contributed by atoms with van der Waals surface area (Å²) in [4.78, 5) is 12.2. The molecule has 24 heavy (non-hydrogen) atoms. The molecule has 3 nitrogen and oxygen atoms in total.